The molecule has 1 aromatic rings. The van der Waals surface area contributed by atoms with Crippen LogP contribution in [0.25, 0.3) is 0 Å². The minimum absolute atomic E-state index is 1.16. The van der Waals surface area contributed by atoms with Crippen molar-refractivity contribution in [1.29, 1.82) is 0 Å². The van der Waals surface area contributed by atoms with Gasteiger partial charge in [0.2, 0.25) is 11.5 Å². The first-order chi connectivity index (χ1) is 4.55. The van der Waals surface area contributed by atoms with E-state index in [4.69, 9.17) is 10.2 Å². The Morgan fingerprint density at radius 1 is 0.700 bits per heavy atom. The molecule has 0 saturated carbocycles. The lowest BCUT2D eigenvalue weighted by Gasteiger charge is -1.77. The molecule has 0 unspecified atom stereocenters. The molecule has 0 spiro atoms. The molecular formula is C5H2O5. The molecule has 10 heavy (non-hydrogen) atoms. The Labute approximate surface area is 53.5 Å². The highest BCUT2D eigenvalue weighted by Gasteiger charge is 2.16. The summed E-state index contributed by atoms with van der Waals surface area (Å²) >= 11 is 0. The van der Waals surface area contributed by atoms with Crippen LogP contribution >= 0.6 is 0 Å². The van der Waals surface area contributed by atoms with E-state index in [1.54, 1.807) is 0 Å². The summed E-state index contributed by atoms with van der Waals surface area (Å²) in [4.78, 5) is 30.8. The molecule has 0 bridgehead atoms. The van der Waals surface area contributed by atoms with E-state index in [-0.39, 0.29) is 0 Å². The Morgan fingerprint density at radius 3 is 1.10 bits per heavy atom. The van der Waals surface area contributed by atoms with Crippen molar-refractivity contribution in [3.8, 4) is 11.5 Å². The van der Waals surface area contributed by atoms with Crippen molar-refractivity contribution in [2.75, 3.05) is 0 Å². The molecule has 0 atom stereocenters. The number of hydrogen-bond donors (Lipinski definition) is 2. The standard InChI is InChI=1S/C5H2O5/c6-1-2(7)4(9)5(10)3(1)8/h6-7H. The fourth-order valence-corrected chi connectivity index (χ4v) is 0.533. The summed E-state index contributed by atoms with van der Waals surface area (Å²) in [5.41, 5.74) is -4.08. The van der Waals surface area contributed by atoms with E-state index in [0.717, 1.165) is 0 Å². The van der Waals surface area contributed by atoms with Crippen LogP contribution in [-0.4, -0.2) is 10.2 Å². The van der Waals surface area contributed by atoms with Crippen LogP contribution in [0.3, 0.4) is 0 Å². The first kappa shape index (κ1) is 6.47. The Hall–Kier alpha value is -1.65. The number of aromatic hydroxyl groups is 2. The maximum Gasteiger partial charge on any atom is 0.280 e. The largest absolute Gasteiger partial charge is 0.501 e. The SMILES string of the molecule is O=c1c(O)c(O)c(=O)c1=O. The van der Waals surface area contributed by atoms with Crippen LogP contribution < -0.4 is 16.3 Å². The van der Waals surface area contributed by atoms with Gasteiger partial charge in [0, 0.05) is 0 Å². The summed E-state index contributed by atoms with van der Waals surface area (Å²) in [6.07, 6.45) is 0. The highest BCUT2D eigenvalue weighted by Crippen LogP contribution is 2.09. The third-order valence-corrected chi connectivity index (χ3v) is 1.07. The maximum absolute atomic E-state index is 10.3. The fourth-order valence-electron chi connectivity index (χ4n) is 0.533. The predicted octanol–water partition coefficient (Wildman–Crippen LogP) is -1.95. The smallest absolute Gasteiger partial charge is 0.280 e. The predicted molar refractivity (Wildman–Crippen MR) is 31.0 cm³/mol. The van der Waals surface area contributed by atoms with Crippen LogP contribution in [0.4, 0.5) is 0 Å². The van der Waals surface area contributed by atoms with Gasteiger partial charge in [0.25, 0.3) is 16.3 Å². The van der Waals surface area contributed by atoms with Gasteiger partial charge in [0.15, 0.2) is 0 Å². The molecule has 5 heteroatoms. The van der Waals surface area contributed by atoms with Gasteiger partial charge in [-0.15, -0.1) is 0 Å². The van der Waals surface area contributed by atoms with Gasteiger partial charge in [-0.25, -0.2) is 0 Å². The van der Waals surface area contributed by atoms with E-state index >= 15 is 0 Å². The van der Waals surface area contributed by atoms with Crippen LogP contribution in [-0.2, 0) is 0 Å². The minimum Gasteiger partial charge on any atom is -0.501 e. The van der Waals surface area contributed by atoms with Gasteiger partial charge < -0.3 is 10.2 Å². The molecule has 1 aromatic carbocycles. The second-order valence-electron chi connectivity index (χ2n) is 1.68. The molecule has 1 rings (SSSR count). The second-order valence-corrected chi connectivity index (χ2v) is 1.68. The van der Waals surface area contributed by atoms with Gasteiger partial charge in [-0.1, -0.05) is 0 Å². The highest BCUT2D eigenvalue weighted by atomic mass is 16.3. The van der Waals surface area contributed by atoms with Crippen LogP contribution in [0.5, 0.6) is 11.5 Å². The van der Waals surface area contributed by atoms with E-state index < -0.39 is 27.8 Å². The van der Waals surface area contributed by atoms with E-state index in [1.165, 1.54) is 0 Å². The van der Waals surface area contributed by atoms with Gasteiger partial charge in [-0.2, -0.15) is 0 Å². The monoisotopic (exact) mass is 142 g/mol. The number of rotatable bonds is 0. The molecule has 0 aliphatic carbocycles. The molecule has 0 saturated heterocycles. The molecule has 0 amide bonds. The summed E-state index contributed by atoms with van der Waals surface area (Å²) in [6, 6.07) is 0. The van der Waals surface area contributed by atoms with Crippen LogP contribution in [0.1, 0.15) is 0 Å². The van der Waals surface area contributed by atoms with Crippen molar-refractivity contribution in [2.24, 2.45) is 0 Å². The van der Waals surface area contributed by atoms with Gasteiger partial charge in [0.1, 0.15) is 0 Å². The topological polar surface area (TPSA) is 91.7 Å². The molecule has 0 aromatic heterocycles. The van der Waals surface area contributed by atoms with E-state index in [1.807, 2.05) is 0 Å². The summed E-state index contributed by atoms with van der Waals surface area (Å²) in [6.45, 7) is 0. The summed E-state index contributed by atoms with van der Waals surface area (Å²) in [5.74, 6) is -2.31. The first-order valence-corrected chi connectivity index (χ1v) is 2.31. The average Bonchev–Trinajstić information content (AvgIpc) is 2.07. The molecule has 0 heterocycles. The number of hydrogen-bond acceptors (Lipinski definition) is 5. The van der Waals surface area contributed by atoms with Gasteiger partial charge in [0.05, 0.1) is 0 Å². The van der Waals surface area contributed by atoms with Crippen LogP contribution in [0.2, 0.25) is 0 Å². The minimum atomic E-state index is -1.39. The maximum atomic E-state index is 10.3. The van der Waals surface area contributed by atoms with E-state index in [0.29, 0.717) is 0 Å². The molecular weight excluding hydrogens is 140 g/mol. The highest BCUT2D eigenvalue weighted by molar-refractivity contribution is 5.38. The quantitative estimate of drug-likeness (QED) is 0.411. The average molecular weight is 142 g/mol. The summed E-state index contributed by atoms with van der Waals surface area (Å²) < 4.78 is 0. The lowest BCUT2D eigenvalue weighted by atomic mass is 10.5. The normalized spacial score (nSPS) is 10.0. The van der Waals surface area contributed by atoms with Crippen molar-refractivity contribution >= 4 is 0 Å². The van der Waals surface area contributed by atoms with Crippen molar-refractivity contribution in [2.45, 2.75) is 0 Å². The van der Waals surface area contributed by atoms with Gasteiger partial charge in [-0.3, -0.25) is 14.4 Å². The lowest BCUT2D eigenvalue weighted by Crippen LogP contribution is -2.29. The Bertz CT molecular complexity index is 358. The molecule has 0 aliphatic rings. The van der Waals surface area contributed by atoms with E-state index in [2.05, 4.69) is 0 Å². The lowest BCUT2D eigenvalue weighted by molar-refractivity contribution is 0.402. The second kappa shape index (κ2) is 1.66. The molecule has 0 aliphatic heterocycles. The van der Waals surface area contributed by atoms with Crippen LogP contribution in [0.15, 0.2) is 14.4 Å². The third kappa shape index (κ3) is 0.540. The van der Waals surface area contributed by atoms with Gasteiger partial charge >= 0.3 is 0 Å². The molecule has 52 valence electrons. The first-order valence-electron chi connectivity index (χ1n) is 2.31. The van der Waals surface area contributed by atoms with Crippen molar-refractivity contribution in [1.82, 2.24) is 0 Å². The van der Waals surface area contributed by atoms with Crippen LogP contribution in [0, 0.1) is 0 Å². The van der Waals surface area contributed by atoms with Crippen molar-refractivity contribution in [3.05, 3.63) is 30.7 Å². The Balaban J connectivity index is 3.97. The zero-order valence-corrected chi connectivity index (χ0v) is 4.62. The third-order valence-electron chi connectivity index (χ3n) is 1.07. The fraction of sp³-hybridized carbons (Fsp3) is 0. The summed E-state index contributed by atoms with van der Waals surface area (Å²) in [7, 11) is 0. The summed E-state index contributed by atoms with van der Waals surface area (Å²) in [5, 5.41) is 16.9. The Kier molecular flexibility index (Phi) is 1.08. The zero-order chi connectivity index (χ0) is 7.89. The van der Waals surface area contributed by atoms with Crippen molar-refractivity contribution < 1.29 is 10.2 Å². The zero-order valence-electron chi connectivity index (χ0n) is 4.62. The van der Waals surface area contributed by atoms with Gasteiger partial charge in [-0.05, 0) is 0 Å². The molecule has 0 radical (unpaired) electrons. The molecule has 0 fully saturated rings. The Morgan fingerprint density at radius 2 is 1.00 bits per heavy atom. The van der Waals surface area contributed by atoms with Crippen molar-refractivity contribution in [3.63, 3.8) is 0 Å². The molecule has 2 N–H and O–H groups in total. The van der Waals surface area contributed by atoms with E-state index in [9.17, 15) is 14.4 Å². The molecule has 5 nitrogen and oxygen atoms in total.